The predicted molar refractivity (Wildman–Crippen MR) is 51.9 cm³/mol. The van der Waals surface area contributed by atoms with Crippen molar-refractivity contribution in [3.05, 3.63) is 23.3 Å². The van der Waals surface area contributed by atoms with E-state index in [0.29, 0.717) is 17.7 Å². The molecule has 0 heterocycles. The summed E-state index contributed by atoms with van der Waals surface area (Å²) >= 11 is 0. The molecular formula is C11H12O3. The van der Waals surface area contributed by atoms with Gasteiger partial charge in [0.2, 0.25) is 0 Å². The Bertz CT molecular complexity index is 382. The summed E-state index contributed by atoms with van der Waals surface area (Å²) in [4.78, 5) is 11.6. The Hall–Kier alpha value is -1.51. The smallest absolute Gasteiger partial charge is 0.168 e. The minimum atomic E-state index is -0.00491. The molecule has 0 unspecified atom stereocenters. The molecule has 0 spiro atoms. The second kappa shape index (κ2) is 3.33. The lowest BCUT2D eigenvalue weighted by Gasteiger charge is -2.17. The maximum Gasteiger partial charge on any atom is 0.168 e. The number of benzene rings is 1. The number of rotatable bonds is 1. The van der Waals surface area contributed by atoms with Crippen molar-refractivity contribution in [3.63, 3.8) is 0 Å². The molecule has 0 saturated carbocycles. The van der Waals surface area contributed by atoms with Crippen molar-refractivity contribution in [3.8, 4) is 11.5 Å². The van der Waals surface area contributed by atoms with Gasteiger partial charge in [-0.1, -0.05) is 6.07 Å². The first-order valence-electron chi connectivity index (χ1n) is 4.66. The Labute approximate surface area is 82.3 Å². The van der Waals surface area contributed by atoms with Crippen LogP contribution < -0.4 is 4.74 Å². The van der Waals surface area contributed by atoms with Crippen molar-refractivity contribution in [2.45, 2.75) is 19.3 Å². The molecule has 0 saturated heterocycles. The number of hydrogen-bond donors (Lipinski definition) is 1. The van der Waals surface area contributed by atoms with Crippen molar-refractivity contribution in [2.24, 2.45) is 0 Å². The van der Waals surface area contributed by atoms with Gasteiger partial charge in [-0.15, -0.1) is 0 Å². The Morgan fingerprint density at radius 2 is 2.14 bits per heavy atom. The molecule has 0 aliphatic heterocycles. The maximum atomic E-state index is 11.6. The molecule has 0 amide bonds. The highest BCUT2D eigenvalue weighted by Crippen LogP contribution is 2.36. The molecule has 0 aromatic heterocycles. The first-order valence-corrected chi connectivity index (χ1v) is 4.66. The zero-order chi connectivity index (χ0) is 10.1. The van der Waals surface area contributed by atoms with Crippen LogP contribution in [-0.4, -0.2) is 18.0 Å². The van der Waals surface area contributed by atoms with E-state index in [-0.39, 0.29) is 11.5 Å². The fourth-order valence-electron chi connectivity index (χ4n) is 1.86. The number of aryl methyl sites for hydroxylation is 1. The lowest BCUT2D eigenvalue weighted by molar-refractivity contribution is 0.0969. The van der Waals surface area contributed by atoms with Crippen LogP contribution >= 0.6 is 0 Å². The highest BCUT2D eigenvalue weighted by Gasteiger charge is 2.22. The van der Waals surface area contributed by atoms with Gasteiger partial charge in [0.25, 0.3) is 0 Å². The molecule has 1 aliphatic carbocycles. The Morgan fingerprint density at radius 1 is 1.36 bits per heavy atom. The highest BCUT2D eigenvalue weighted by atomic mass is 16.5. The monoisotopic (exact) mass is 192 g/mol. The lowest BCUT2D eigenvalue weighted by Crippen LogP contribution is -2.11. The molecule has 0 radical (unpaired) electrons. The number of carbonyl (C=O) groups excluding carboxylic acids is 1. The normalized spacial score (nSPS) is 15.1. The van der Waals surface area contributed by atoms with E-state index in [1.54, 1.807) is 6.07 Å². The molecule has 74 valence electrons. The number of phenols is 1. The molecule has 0 bridgehead atoms. The first kappa shape index (κ1) is 9.06. The van der Waals surface area contributed by atoms with E-state index >= 15 is 0 Å². The minimum absolute atomic E-state index is 0.00491. The van der Waals surface area contributed by atoms with Crippen molar-refractivity contribution < 1.29 is 14.6 Å². The fourth-order valence-corrected chi connectivity index (χ4v) is 1.86. The van der Waals surface area contributed by atoms with Gasteiger partial charge in [0.05, 0.1) is 12.7 Å². The van der Waals surface area contributed by atoms with Gasteiger partial charge in [0.15, 0.2) is 17.3 Å². The van der Waals surface area contributed by atoms with Crippen molar-refractivity contribution in [1.82, 2.24) is 0 Å². The molecule has 0 fully saturated rings. The number of hydrogen-bond acceptors (Lipinski definition) is 3. The van der Waals surface area contributed by atoms with E-state index in [1.165, 1.54) is 7.11 Å². The summed E-state index contributed by atoms with van der Waals surface area (Å²) in [6, 6.07) is 3.55. The van der Waals surface area contributed by atoms with Crippen LogP contribution in [0, 0.1) is 0 Å². The molecule has 1 N–H and O–H groups in total. The number of carbonyl (C=O) groups is 1. The van der Waals surface area contributed by atoms with Crippen LogP contribution in [0.5, 0.6) is 11.5 Å². The third-order valence-corrected chi connectivity index (χ3v) is 2.58. The van der Waals surface area contributed by atoms with Crippen LogP contribution in [0.3, 0.4) is 0 Å². The van der Waals surface area contributed by atoms with Crippen molar-refractivity contribution in [2.75, 3.05) is 7.11 Å². The zero-order valence-electron chi connectivity index (χ0n) is 8.04. The van der Waals surface area contributed by atoms with Crippen molar-refractivity contribution >= 4 is 5.78 Å². The molecule has 14 heavy (non-hydrogen) atoms. The van der Waals surface area contributed by atoms with Gasteiger partial charge >= 0.3 is 0 Å². The largest absolute Gasteiger partial charge is 0.504 e. The van der Waals surface area contributed by atoms with Gasteiger partial charge in [-0.3, -0.25) is 4.79 Å². The average Bonchev–Trinajstić information content (AvgIpc) is 2.18. The van der Waals surface area contributed by atoms with Gasteiger partial charge < -0.3 is 9.84 Å². The van der Waals surface area contributed by atoms with E-state index in [0.717, 1.165) is 18.4 Å². The molecule has 3 heteroatoms. The number of aromatic hydroxyl groups is 1. The topological polar surface area (TPSA) is 46.5 Å². The number of ether oxygens (including phenoxy) is 1. The molecule has 3 nitrogen and oxygen atoms in total. The lowest BCUT2D eigenvalue weighted by atomic mass is 9.90. The zero-order valence-corrected chi connectivity index (χ0v) is 8.04. The van der Waals surface area contributed by atoms with Crippen LogP contribution in [0.4, 0.5) is 0 Å². The standard InChI is InChI=1S/C11H12O3/c1-14-9-6-5-7-3-2-4-8(12)10(7)11(9)13/h5-6,13H,2-4H2,1H3. The molecule has 1 aromatic carbocycles. The summed E-state index contributed by atoms with van der Waals surface area (Å²) in [6.45, 7) is 0. The van der Waals surface area contributed by atoms with Crippen molar-refractivity contribution in [1.29, 1.82) is 0 Å². The van der Waals surface area contributed by atoms with E-state index in [1.807, 2.05) is 6.07 Å². The Balaban J connectivity index is 2.60. The van der Waals surface area contributed by atoms with Crippen LogP contribution in [0.1, 0.15) is 28.8 Å². The van der Waals surface area contributed by atoms with Gasteiger partial charge in [-0.2, -0.15) is 0 Å². The molecule has 0 atom stereocenters. The number of fused-ring (bicyclic) bond motifs is 1. The first-order chi connectivity index (χ1) is 6.74. The van der Waals surface area contributed by atoms with E-state index in [2.05, 4.69) is 0 Å². The van der Waals surface area contributed by atoms with Crippen LogP contribution in [0.2, 0.25) is 0 Å². The third-order valence-electron chi connectivity index (χ3n) is 2.58. The Morgan fingerprint density at radius 3 is 2.86 bits per heavy atom. The predicted octanol–water partition coefficient (Wildman–Crippen LogP) is 1.92. The summed E-state index contributed by atoms with van der Waals surface area (Å²) in [5.74, 6) is 0.386. The van der Waals surface area contributed by atoms with Gasteiger partial charge in [0.1, 0.15) is 0 Å². The van der Waals surface area contributed by atoms with Crippen LogP contribution in [-0.2, 0) is 6.42 Å². The number of phenolic OH excluding ortho intramolecular Hbond substituents is 1. The molecule has 1 aliphatic rings. The number of Topliss-reactive ketones (excluding diaryl/α,β-unsaturated/α-hetero) is 1. The Kier molecular flexibility index (Phi) is 2.15. The summed E-state index contributed by atoms with van der Waals surface area (Å²) in [7, 11) is 1.48. The number of methoxy groups -OCH3 is 1. The summed E-state index contributed by atoms with van der Waals surface area (Å²) < 4.78 is 4.96. The SMILES string of the molecule is COc1ccc2c(c1O)C(=O)CCC2. The highest BCUT2D eigenvalue weighted by molar-refractivity contribution is 6.01. The van der Waals surface area contributed by atoms with Gasteiger partial charge in [-0.05, 0) is 24.5 Å². The van der Waals surface area contributed by atoms with E-state index < -0.39 is 0 Å². The van der Waals surface area contributed by atoms with Crippen LogP contribution in [0.25, 0.3) is 0 Å². The molecule has 1 aromatic rings. The molecule has 2 rings (SSSR count). The summed E-state index contributed by atoms with van der Waals surface area (Å²) in [5, 5.41) is 9.76. The van der Waals surface area contributed by atoms with Gasteiger partial charge in [-0.25, -0.2) is 0 Å². The van der Waals surface area contributed by atoms with Crippen LogP contribution in [0.15, 0.2) is 12.1 Å². The number of ketones is 1. The second-order valence-electron chi connectivity index (χ2n) is 3.43. The quantitative estimate of drug-likeness (QED) is 0.739. The molecular weight excluding hydrogens is 180 g/mol. The van der Waals surface area contributed by atoms with Gasteiger partial charge in [0, 0.05) is 6.42 Å². The fraction of sp³-hybridized carbons (Fsp3) is 0.364. The maximum absolute atomic E-state index is 11.6. The minimum Gasteiger partial charge on any atom is -0.504 e. The van der Waals surface area contributed by atoms with E-state index in [4.69, 9.17) is 4.74 Å². The van der Waals surface area contributed by atoms with E-state index in [9.17, 15) is 9.90 Å². The third kappa shape index (κ3) is 1.25. The average molecular weight is 192 g/mol. The summed E-state index contributed by atoms with van der Waals surface area (Å²) in [6.07, 6.45) is 2.25. The summed E-state index contributed by atoms with van der Waals surface area (Å²) in [5.41, 5.74) is 1.38. The second-order valence-corrected chi connectivity index (χ2v) is 3.43.